The van der Waals surface area contributed by atoms with Gasteiger partial charge in [0.25, 0.3) is 0 Å². The first-order valence-electron chi connectivity index (χ1n) is 17.0. The lowest BCUT2D eigenvalue weighted by atomic mass is 9.78. The lowest BCUT2D eigenvalue weighted by molar-refractivity contribution is 0.421. The average Bonchev–Trinajstić information content (AvgIpc) is 2.83. The van der Waals surface area contributed by atoms with Crippen LogP contribution in [0.1, 0.15) is 181 Å². The van der Waals surface area contributed by atoms with Gasteiger partial charge in [0.1, 0.15) is 11.5 Å². The Kier molecular flexibility index (Phi) is 12.7. The third kappa shape index (κ3) is 10.9. The Morgan fingerprint density at radius 3 is 0.738 bits per heavy atom. The van der Waals surface area contributed by atoms with Crippen LogP contribution >= 0.6 is 0 Å². The van der Waals surface area contributed by atoms with Crippen LogP contribution in [0, 0.1) is 0 Å². The van der Waals surface area contributed by atoms with Crippen molar-refractivity contribution in [3.63, 3.8) is 0 Å². The maximum Gasteiger partial charge on any atom is 0.123 e. The minimum absolute atomic E-state index is 0.0583. The molecule has 2 aromatic carbocycles. The number of aryl methyl sites for hydroxylation is 2. The van der Waals surface area contributed by atoms with Crippen molar-refractivity contribution in [2.45, 2.75) is 182 Å². The number of hydrogen-bond acceptors (Lipinski definition) is 2. The van der Waals surface area contributed by atoms with Gasteiger partial charge in [0.2, 0.25) is 0 Å². The van der Waals surface area contributed by atoms with Crippen molar-refractivity contribution in [2.24, 2.45) is 0 Å². The molecule has 2 heteroatoms. The van der Waals surface area contributed by atoms with Crippen LogP contribution in [-0.4, -0.2) is 10.2 Å². The van der Waals surface area contributed by atoms with Crippen LogP contribution in [0.4, 0.5) is 0 Å². The molecule has 0 aliphatic rings. The summed E-state index contributed by atoms with van der Waals surface area (Å²) in [6, 6.07) is 9.00. The number of rotatable bonds is 13. The minimum Gasteiger partial charge on any atom is -0.507 e. The molecule has 2 rings (SSSR count). The van der Waals surface area contributed by atoms with Gasteiger partial charge >= 0.3 is 0 Å². The zero-order valence-corrected chi connectivity index (χ0v) is 29.7. The van der Waals surface area contributed by atoms with Gasteiger partial charge in [-0.15, -0.1) is 0 Å². The molecule has 0 aliphatic heterocycles. The van der Waals surface area contributed by atoms with E-state index in [1.165, 1.54) is 75.3 Å². The number of hydrogen-bond donors (Lipinski definition) is 2. The van der Waals surface area contributed by atoms with E-state index >= 15 is 0 Å². The van der Waals surface area contributed by atoms with Crippen LogP contribution < -0.4 is 0 Å². The summed E-state index contributed by atoms with van der Waals surface area (Å²) in [5.41, 5.74) is 6.84. The van der Waals surface area contributed by atoms with Gasteiger partial charge in [-0.3, -0.25) is 0 Å². The highest BCUT2D eigenvalue weighted by molar-refractivity contribution is 5.51. The van der Waals surface area contributed by atoms with E-state index in [1.807, 2.05) is 0 Å². The van der Waals surface area contributed by atoms with E-state index in [0.717, 1.165) is 35.1 Å². The van der Waals surface area contributed by atoms with Crippen LogP contribution in [0.25, 0.3) is 0 Å². The minimum atomic E-state index is -0.0583. The van der Waals surface area contributed by atoms with E-state index in [-0.39, 0.29) is 21.7 Å². The fourth-order valence-corrected chi connectivity index (χ4v) is 6.04. The van der Waals surface area contributed by atoms with Gasteiger partial charge in [0.15, 0.2) is 0 Å². The highest BCUT2D eigenvalue weighted by atomic mass is 16.3. The molecule has 0 bridgehead atoms. The summed E-state index contributed by atoms with van der Waals surface area (Å²) < 4.78 is 0. The Bertz CT molecular complexity index is 965. The van der Waals surface area contributed by atoms with Crippen LogP contribution in [0.15, 0.2) is 24.3 Å². The molecule has 0 heterocycles. The van der Waals surface area contributed by atoms with Crippen molar-refractivity contribution in [3.8, 4) is 11.5 Å². The van der Waals surface area contributed by atoms with E-state index in [9.17, 15) is 10.2 Å². The second-order valence-electron chi connectivity index (χ2n) is 17.1. The Morgan fingerprint density at radius 1 is 0.357 bits per heavy atom. The van der Waals surface area contributed by atoms with Crippen molar-refractivity contribution >= 4 is 0 Å². The van der Waals surface area contributed by atoms with Crippen molar-refractivity contribution in [1.82, 2.24) is 0 Å². The molecule has 42 heavy (non-hydrogen) atoms. The van der Waals surface area contributed by atoms with Gasteiger partial charge in [-0.1, -0.05) is 159 Å². The SMILES string of the molecule is CC(C)(C)c1cc(CCCCCCCCCCCCc2cc(C(C)(C)C)c(O)c(C(C)(C)C)c2)cc(C(C)(C)C)c1O. The highest BCUT2D eigenvalue weighted by Crippen LogP contribution is 2.41. The Hall–Kier alpha value is -1.96. The highest BCUT2D eigenvalue weighted by Gasteiger charge is 2.27. The van der Waals surface area contributed by atoms with Gasteiger partial charge in [-0.25, -0.2) is 0 Å². The quantitative estimate of drug-likeness (QED) is 0.232. The number of benzene rings is 2. The number of phenolic OH excluding ortho intramolecular Hbond substituents is 2. The molecule has 2 aromatic rings. The molecule has 0 radical (unpaired) electrons. The summed E-state index contributed by atoms with van der Waals surface area (Å²) in [7, 11) is 0. The van der Waals surface area contributed by atoms with E-state index < -0.39 is 0 Å². The summed E-state index contributed by atoms with van der Waals surface area (Å²) in [5.74, 6) is 0.979. The summed E-state index contributed by atoms with van der Waals surface area (Å²) >= 11 is 0. The first-order chi connectivity index (χ1) is 19.2. The second-order valence-corrected chi connectivity index (χ2v) is 17.1. The van der Waals surface area contributed by atoms with E-state index in [1.54, 1.807) is 0 Å². The van der Waals surface area contributed by atoms with Crippen LogP contribution in [0.2, 0.25) is 0 Å². The molecule has 2 N–H and O–H groups in total. The molecular weight excluding hydrogens is 512 g/mol. The maximum absolute atomic E-state index is 11.0. The lowest BCUT2D eigenvalue weighted by Crippen LogP contribution is -2.18. The summed E-state index contributed by atoms with van der Waals surface area (Å²) in [4.78, 5) is 0. The molecule has 0 unspecified atom stereocenters. The summed E-state index contributed by atoms with van der Waals surface area (Å²) in [5, 5.41) is 21.9. The van der Waals surface area contributed by atoms with Crippen LogP contribution in [-0.2, 0) is 34.5 Å². The fourth-order valence-electron chi connectivity index (χ4n) is 6.04. The monoisotopic (exact) mass is 579 g/mol. The topological polar surface area (TPSA) is 40.5 Å². The predicted molar refractivity (Wildman–Crippen MR) is 185 cm³/mol. The Labute approximate surface area is 260 Å². The zero-order chi connectivity index (χ0) is 31.9. The molecule has 0 aliphatic carbocycles. The van der Waals surface area contributed by atoms with Gasteiger partial charge in [0, 0.05) is 0 Å². The Morgan fingerprint density at radius 2 is 0.548 bits per heavy atom. The van der Waals surface area contributed by atoms with E-state index in [4.69, 9.17) is 0 Å². The Balaban J connectivity index is 1.70. The van der Waals surface area contributed by atoms with Crippen LogP contribution in [0.5, 0.6) is 11.5 Å². The second kappa shape index (κ2) is 14.7. The van der Waals surface area contributed by atoms with Gasteiger partial charge in [0.05, 0.1) is 0 Å². The predicted octanol–water partition coefficient (Wildman–Crippen LogP) is 12.0. The van der Waals surface area contributed by atoms with Gasteiger partial charge in [-0.2, -0.15) is 0 Å². The van der Waals surface area contributed by atoms with Gasteiger partial charge in [-0.05, 0) is 80.7 Å². The summed E-state index contributed by atoms with van der Waals surface area (Å²) in [6.45, 7) is 26.3. The summed E-state index contributed by atoms with van der Waals surface area (Å²) in [6.07, 6.45) is 15.3. The van der Waals surface area contributed by atoms with Crippen molar-refractivity contribution in [3.05, 3.63) is 57.6 Å². The van der Waals surface area contributed by atoms with E-state index in [0.29, 0.717) is 11.5 Å². The maximum atomic E-state index is 11.0. The molecule has 0 fully saturated rings. The molecule has 0 amide bonds. The molecule has 238 valence electrons. The molecular formula is C40H66O2. The smallest absolute Gasteiger partial charge is 0.123 e. The fraction of sp³-hybridized carbons (Fsp3) is 0.700. The molecule has 0 atom stereocenters. The van der Waals surface area contributed by atoms with Gasteiger partial charge < -0.3 is 10.2 Å². The number of aromatic hydroxyl groups is 2. The number of phenols is 2. The molecule has 2 nitrogen and oxygen atoms in total. The van der Waals surface area contributed by atoms with E-state index in [2.05, 4.69) is 107 Å². The normalized spacial score (nSPS) is 13.1. The van der Waals surface area contributed by atoms with Crippen LogP contribution in [0.3, 0.4) is 0 Å². The molecule has 0 saturated heterocycles. The molecule has 0 saturated carbocycles. The zero-order valence-electron chi connectivity index (χ0n) is 29.7. The third-order valence-electron chi connectivity index (χ3n) is 8.75. The standard InChI is InChI=1S/C40H66O2/c1-37(2,3)31-25-29(26-32(35(31)41)38(4,5)6)23-21-19-17-15-13-14-16-18-20-22-24-30-27-33(39(7,8)9)36(42)34(28-30)40(10,11)12/h25-28,41-42H,13-24H2,1-12H3. The average molecular weight is 579 g/mol. The van der Waals surface area contributed by atoms with Crippen molar-refractivity contribution < 1.29 is 10.2 Å². The lowest BCUT2D eigenvalue weighted by Gasteiger charge is -2.28. The van der Waals surface area contributed by atoms with Crippen molar-refractivity contribution in [1.29, 1.82) is 0 Å². The first kappa shape index (κ1) is 36.2. The first-order valence-corrected chi connectivity index (χ1v) is 17.0. The third-order valence-corrected chi connectivity index (χ3v) is 8.75. The molecule has 0 aromatic heterocycles. The molecule has 0 spiro atoms. The van der Waals surface area contributed by atoms with Crippen molar-refractivity contribution in [2.75, 3.05) is 0 Å². The largest absolute Gasteiger partial charge is 0.507 e. The number of unbranched alkanes of at least 4 members (excludes halogenated alkanes) is 9.